The summed E-state index contributed by atoms with van der Waals surface area (Å²) in [4.78, 5) is 42.4. The quantitative estimate of drug-likeness (QED) is 0.675. The van der Waals surface area contributed by atoms with Gasteiger partial charge in [-0.15, -0.1) is 0 Å². The number of para-hydroxylation sites is 1. The van der Waals surface area contributed by atoms with E-state index in [1.165, 1.54) is 15.8 Å². The smallest absolute Gasteiger partial charge is 0.413 e. The van der Waals surface area contributed by atoms with Gasteiger partial charge in [-0.25, -0.2) is 9.78 Å². The van der Waals surface area contributed by atoms with E-state index in [0.29, 0.717) is 28.9 Å². The van der Waals surface area contributed by atoms with Crippen molar-refractivity contribution in [2.24, 2.45) is 0 Å². The molecule has 1 N–H and O–H groups in total. The third-order valence-corrected chi connectivity index (χ3v) is 4.72. The average Bonchev–Trinajstić information content (AvgIpc) is 2.74. The van der Waals surface area contributed by atoms with Gasteiger partial charge in [0.05, 0.1) is 23.8 Å². The van der Waals surface area contributed by atoms with Crippen molar-refractivity contribution in [2.45, 2.75) is 26.8 Å². The molecule has 2 amide bonds. The summed E-state index contributed by atoms with van der Waals surface area (Å²) in [6, 6.07) is 12.3. The van der Waals surface area contributed by atoms with Crippen LogP contribution in [0.5, 0.6) is 0 Å². The van der Waals surface area contributed by atoms with Crippen molar-refractivity contribution >= 4 is 34.3 Å². The Morgan fingerprint density at radius 1 is 1.17 bits per heavy atom. The fourth-order valence-corrected chi connectivity index (χ4v) is 3.04. The third kappa shape index (κ3) is 4.65. The molecule has 1 heterocycles. The van der Waals surface area contributed by atoms with E-state index in [0.717, 1.165) is 5.56 Å². The van der Waals surface area contributed by atoms with Crippen LogP contribution in [0.4, 0.5) is 16.2 Å². The lowest BCUT2D eigenvalue weighted by molar-refractivity contribution is -0.116. The lowest BCUT2D eigenvalue weighted by Crippen LogP contribution is -2.27. The number of aromatic nitrogens is 2. The molecule has 0 radical (unpaired) electrons. The van der Waals surface area contributed by atoms with Crippen LogP contribution in [-0.2, 0) is 16.1 Å². The zero-order chi connectivity index (χ0) is 21.7. The van der Waals surface area contributed by atoms with Crippen LogP contribution in [0.25, 0.3) is 10.9 Å². The number of rotatable bonds is 6. The number of hydrogen-bond acceptors (Lipinski definition) is 5. The van der Waals surface area contributed by atoms with Crippen LogP contribution in [-0.4, -0.2) is 35.2 Å². The van der Waals surface area contributed by atoms with Gasteiger partial charge < -0.3 is 10.1 Å². The Balaban J connectivity index is 1.61. The summed E-state index contributed by atoms with van der Waals surface area (Å²) in [5.74, 6) is -0.224. The van der Waals surface area contributed by atoms with Gasteiger partial charge in [0.2, 0.25) is 5.91 Å². The second-order valence-electron chi connectivity index (χ2n) is 6.82. The van der Waals surface area contributed by atoms with Gasteiger partial charge >= 0.3 is 6.09 Å². The van der Waals surface area contributed by atoms with Crippen molar-refractivity contribution in [2.75, 3.05) is 23.9 Å². The molecule has 0 fully saturated rings. The van der Waals surface area contributed by atoms with Gasteiger partial charge in [0, 0.05) is 31.4 Å². The molecule has 0 spiro atoms. The lowest BCUT2D eigenvalue weighted by atomic mass is 10.1. The molecular formula is C22H24N4O4. The first-order valence-corrected chi connectivity index (χ1v) is 9.66. The largest absolute Gasteiger partial charge is 0.449 e. The molecule has 0 aliphatic heterocycles. The summed E-state index contributed by atoms with van der Waals surface area (Å²) in [7, 11) is 1.61. The SMILES string of the molecule is CCOC(=O)N(C)c1ccc(NC(=O)CCn2cnc3c(C)cccc3c2=O)cc1. The van der Waals surface area contributed by atoms with Crippen molar-refractivity contribution < 1.29 is 14.3 Å². The Kier molecular flexibility index (Phi) is 6.46. The molecule has 0 atom stereocenters. The molecule has 2 aromatic carbocycles. The van der Waals surface area contributed by atoms with E-state index < -0.39 is 6.09 Å². The monoisotopic (exact) mass is 408 g/mol. The van der Waals surface area contributed by atoms with Crippen LogP contribution < -0.4 is 15.8 Å². The molecule has 156 valence electrons. The fourth-order valence-electron chi connectivity index (χ4n) is 3.04. The summed E-state index contributed by atoms with van der Waals surface area (Å²) in [5, 5.41) is 3.33. The normalized spacial score (nSPS) is 10.6. The second-order valence-corrected chi connectivity index (χ2v) is 6.82. The van der Waals surface area contributed by atoms with Crippen molar-refractivity contribution in [1.29, 1.82) is 0 Å². The van der Waals surface area contributed by atoms with E-state index in [4.69, 9.17) is 4.74 Å². The van der Waals surface area contributed by atoms with Gasteiger partial charge in [-0.1, -0.05) is 12.1 Å². The highest BCUT2D eigenvalue weighted by Gasteiger charge is 2.12. The maximum atomic E-state index is 12.6. The number of fused-ring (bicyclic) bond motifs is 1. The van der Waals surface area contributed by atoms with E-state index in [-0.39, 0.29) is 24.4 Å². The van der Waals surface area contributed by atoms with E-state index >= 15 is 0 Å². The molecule has 0 bridgehead atoms. The molecule has 8 nitrogen and oxygen atoms in total. The molecule has 3 aromatic rings. The molecule has 0 saturated heterocycles. The number of ether oxygens (including phenoxy) is 1. The topological polar surface area (TPSA) is 93.5 Å². The van der Waals surface area contributed by atoms with Crippen LogP contribution in [0.1, 0.15) is 18.9 Å². The molecular weight excluding hydrogens is 384 g/mol. The minimum absolute atomic E-state index is 0.128. The van der Waals surface area contributed by atoms with Crippen LogP contribution in [0, 0.1) is 6.92 Å². The summed E-state index contributed by atoms with van der Waals surface area (Å²) in [5.41, 5.74) is 2.70. The van der Waals surface area contributed by atoms with Crippen molar-refractivity contribution in [3.8, 4) is 0 Å². The van der Waals surface area contributed by atoms with Gasteiger partial charge in [0.1, 0.15) is 0 Å². The van der Waals surface area contributed by atoms with Crippen molar-refractivity contribution in [1.82, 2.24) is 9.55 Å². The Hall–Kier alpha value is -3.68. The minimum Gasteiger partial charge on any atom is -0.449 e. The molecule has 0 aliphatic rings. The van der Waals surface area contributed by atoms with E-state index in [1.54, 1.807) is 44.3 Å². The summed E-state index contributed by atoms with van der Waals surface area (Å²) in [6.45, 7) is 4.17. The van der Waals surface area contributed by atoms with Crippen LogP contribution in [0.2, 0.25) is 0 Å². The van der Waals surface area contributed by atoms with Gasteiger partial charge in [0.25, 0.3) is 5.56 Å². The maximum Gasteiger partial charge on any atom is 0.413 e. The zero-order valence-corrected chi connectivity index (χ0v) is 17.2. The number of carbonyl (C=O) groups is 2. The van der Waals surface area contributed by atoms with Gasteiger partial charge in [-0.2, -0.15) is 0 Å². The van der Waals surface area contributed by atoms with Crippen LogP contribution >= 0.6 is 0 Å². The number of nitrogens with one attached hydrogen (secondary N) is 1. The molecule has 1 aromatic heterocycles. The standard InChI is InChI=1S/C22H24N4O4/c1-4-30-22(29)25(3)17-10-8-16(9-11-17)24-19(27)12-13-26-14-23-20-15(2)6-5-7-18(20)21(26)28/h5-11,14H,4,12-13H2,1-3H3,(H,24,27). The molecule has 0 aliphatic carbocycles. The first kappa shape index (κ1) is 21.0. The number of nitrogens with zero attached hydrogens (tertiary/aromatic N) is 3. The Morgan fingerprint density at radius 2 is 1.90 bits per heavy atom. The lowest BCUT2D eigenvalue weighted by Gasteiger charge is -2.17. The first-order chi connectivity index (χ1) is 14.4. The van der Waals surface area contributed by atoms with Gasteiger partial charge in [0.15, 0.2) is 0 Å². The second kappa shape index (κ2) is 9.21. The van der Waals surface area contributed by atoms with Crippen molar-refractivity contribution in [3.63, 3.8) is 0 Å². The number of hydrogen-bond donors (Lipinski definition) is 1. The minimum atomic E-state index is -0.445. The Labute approximate surface area is 174 Å². The van der Waals surface area contributed by atoms with E-state index in [1.807, 2.05) is 19.1 Å². The predicted octanol–water partition coefficient (Wildman–Crippen LogP) is 3.33. The number of anilines is 2. The first-order valence-electron chi connectivity index (χ1n) is 9.66. The van der Waals surface area contributed by atoms with Crippen LogP contribution in [0.3, 0.4) is 0 Å². The number of aryl methyl sites for hydroxylation is 2. The Bertz CT molecular complexity index is 1120. The highest BCUT2D eigenvalue weighted by atomic mass is 16.6. The third-order valence-electron chi connectivity index (χ3n) is 4.72. The number of amides is 2. The fraction of sp³-hybridized carbons (Fsp3) is 0.273. The van der Waals surface area contributed by atoms with Crippen molar-refractivity contribution in [3.05, 3.63) is 64.7 Å². The molecule has 3 rings (SSSR count). The van der Waals surface area contributed by atoms with Gasteiger partial charge in [-0.05, 0) is 49.7 Å². The van der Waals surface area contributed by atoms with Crippen LogP contribution in [0.15, 0.2) is 53.6 Å². The van der Waals surface area contributed by atoms with E-state index in [9.17, 15) is 14.4 Å². The number of carbonyl (C=O) groups excluding carboxylic acids is 2. The summed E-state index contributed by atoms with van der Waals surface area (Å²) in [6.07, 6.45) is 1.16. The zero-order valence-electron chi connectivity index (χ0n) is 17.2. The molecule has 0 saturated carbocycles. The predicted molar refractivity (Wildman–Crippen MR) is 116 cm³/mol. The average molecular weight is 408 g/mol. The van der Waals surface area contributed by atoms with Gasteiger partial charge in [-0.3, -0.25) is 19.1 Å². The molecule has 30 heavy (non-hydrogen) atoms. The highest BCUT2D eigenvalue weighted by molar-refractivity contribution is 5.92. The van der Waals surface area contributed by atoms with E-state index in [2.05, 4.69) is 10.3 Å². The summed E-state index contributed by atoms with van der Waals surface area (Å²) >= 11 is 0. The highest BCUT2D eigenvalue weighted by Crippen LogP contribution is 2.18. The molecule has 8 heteroatoms. The number of benzene rings is 2. The maximum absolute atomic E-state index is 12.6. The molecule has 0 unspecified atom stereocenters. The Morgan fingerprint density at radius 3 is 2.60 bits per heavy atom. The summed E-state index contributed by atoms with van der Waals surface area (Å²) < 4.78 is 6.40.